The normalized spacial score (nSPS) is 12.0. The molecule has 13 heteroatoms. The molecule has 0 unspecified atom stereocenters. The van der Waals surface area contributed by atoms with Gasteiger partial charge < -0.3 is 5.32 Å². The first kappa shape index (κ1) is 27.1. The summed E-state index contributed by atoms with van der Waals surface area (Å²) in [5.74, 6) is -1.31. The second-order valence-corrected chi connectivity index (χ2v) is 8.55. The summed E-state index contributed by atoms with van der Waals surface area (Å²) in [5.41, 5.74) is -2.66. The molecule has 1 aromatic heterocycles. The molecule has 0 aliphatic carbocycles. The lowest BCUT2D eigenvalue weighted by molar-refractivity contribution is -0.143. The first-order valence-electron chi connectivity index (χ1n) is 10.8. The van der Waals surface area contributed by atoms with Crippen molar-refractivity contribution in [3.05, 3.63) is 106 Å². The van der Waals surface area contributed by atoms with Gasteiger partial charge in [-0.3, -0.25) is 4.79 Å². The summed E-state index contributed by atoms with van der Waals surface area (Å²) in [6.45, 7) is -0.650. The third-order valence-corrected chi connectivity index (χ3v) is 5.78. The second kappa shape index (κ2) is 10.4. The van der Waals surface area contributed by atoms with Gasteiger partial charge in [0.1, 0.15) is 11.5 Å². The third-order valence-electron chi connectivity index (χ3n) is 5.43. The standard InChI is InChI=1S/C25H16ClF7N4O/c26-20-11-19(27)7-6-16(20)12-34-23(38)21-22(15-4-2-1-3-5-15)37(36-35-21)13-14-8-17(24(28,29)30)10-18(9-14)25(31,32)33/h1-11H,12-13H2,(H,34,38). The summed E-state index contributed by atoms with van der Waals surface area (Å²) in [6, 6.07) is 12.9. The smallest absolute Gasteiger partial charge is 0.346 e. The van der Waals surface area contributed by atoms with Crippen LogP contribution in [0.4, 0.5) is 30.7 Å². The van der Waals surface area contributed by atoms with E-state index in [9.17, 15) is 35.5 Å². The number of nitrogens with zero attached hydrogens (tertiary/aromatic N) is 3. The highest BCUT2D eigenvalue weighted by Gasteiger charge is 2.37. The minimum atomic E-state index is -5.02. The molecule has 1 heterocycles. The van der Waals surface area contributed by atoms with Gasteiger partial charge in [0.05, 0.1) is 17.7 Å². The van der Waals surface area contributed by atoms with Crippen LogP contribution in [-0.2, 0) is 25.4 Å². The van der Waals surface area contributed by atoms with E-state index in [0.29, 0.717) is 23.3 Å². The van der Waals surface area contributed by atoms with Gasteiger partial charge in [-0.1, -0.05) is 53.2 Å². The number of halogens is 8. The maximum absolute atomic E-state index is 13.3. The highest BCUT2D eigenvalue weighted by Crippen LogP contribution is 2.37. The van der Waals surface area contributed by atoms with Crippen LogP contribution in [0.25, 0.3) is 11.3 Å². The Bertz CT molecular complexity index is 1430. The number of amides is 1. The van der Waals surface area contributed by atoms with E-state index in [-0.39, 0.29) is 34.6 Å². The Balaban J connectivity index is 1.71. The monoisotopic (exact) mass is 556 g/mol. The Labute approximate surface area is 215 Å². The fraction of sp³-hybridized carbons (Fsp3) is 0.160. The summed E-state index contributed by atoms with van der Waals surface area (Å²) in [7, 11) is 0. The zero-order valence-electron chi connectivity index (χ0n) is 19.0. The molecule has 0 spiro atoms. The van der Waals surface area contributed by atoms with Crippen LogP contribution in [0.15, 0.2) is 66.7 Å². The van der Waals surface area contributed by atoms with E-state index in [4.69, 9.17) is 11.6 Å². The molecule has 0 aliphatic rings. The molecule has 38 heavy (non-hydrogen) atoms. The average molecular weight is 557 g/mol. The topological polar surface area (TPSA) is 59.8 Å². The lowest BCUT2D eigenvalue weighted by Crippen LogP contribution is -2.24. The number of carbonyl (C=O) groups excluding carboxylic acids is 1. The number of carbonyl (C=O) groups is 1. The van der Waals surface area contributed by atoms with E-state index in [0.717, 1.165) is 16.8 Å². The highest BCUT2D eigenvalue weighted by atomic mass is 35.5. The van der Waals surface area contributed by atoms with Crippen molar-refractivity contribution < 1.29 is 35.5 Å². The molecule has 1 N–H and O–H groups in total. The van der Waals surface area contributed by atoms with Crippen LogP contribution in [0.1, 0.15) is 32.7 Å². The van der Waals surface area contributed by atoms with Crippen LogP contribution in [0.3, 0.4) is 0 Å². The van der Waals surface area contributed by atoms with E-state index in [1.54, 1.807) is 30.3 Å². The largest absolute Gasteiger partial charge is 0.416 e. The SMILES string of the molecule is O=C(NCc1ccc(F)cc1Cl)c1nnn(Cc2cc(C(F)(F)F)cc(C(F)(F)F)c2)c1-c1ccccc1. The minimum Gasteiger partial charge on any atom is -0.346 e. The van der Waals surface area contributed by atoms with Gasteiger partial charge in [-0.05, 0) is 41.5 Å². The zero-order valence-corrected chi connectivity index (χ0v) is 19.8. The molecule has 0 atom stereocenters. The van der Waals surface area contributed by atoms with Crippen molar-refractivity contribution in [3.63, 3.8) is 0 Å². The second-order valence-electron chi connectivity index (χ2n) is 8.14. The summed E-state index contributed by atoms with van der Waals surface area (Å²) in [5, 5.41) is 10.3. The van der Waals surface area contributed by atoms with Gasteiger partial charge in [0, 0.05) is 17.1 Å². The number of rotatable bonds is 6. The summed E-state index contributed by atoms with van der Waals surface area (Å²) in [4.78, 5) is 13.0. The van der Waals surface area contributed by atoms with Crippen molar-refractivity contribution in [2.24, 2.45) is 0 Å². The lowest BCUT2D eigenvalue weighted by Gasteiger charge is -2.15. The molecule has 1 amide bonds. The Hall–Kier alpha value is -3.93. The van der Waals surface area contributed by atoms with Crippen LogP contribution in [-0.4, -0.2) is 20.9 Å². The number of hydrogen-bond donors (Lipinski definition) is 1. The van der Waals surface area contributed by atoms with E-state index in [2.05, 4.69) is 15.6 Å². The first-order valence-corrected chi connectivity index (χ1v) is 11.2. The molecular weight excluding hydrogens is 541 g/mol. The third kappa shape index (κ3) is 6.13. The predicted molar refractivity (Wildman–Crippen MR) is 124 cm³/mol. The van der Waals surface area contributed by atoms with Crippen molar-refractivity contribution in [2.45, 2.75) is 25.4 Å². The number of benzene rings is 3. The van der Waals surface area contributed by atoms with Crippen molar-refractivity contribution in [1.82, 2.24) is 20.3 Å². The predicted octanol–water partition coefficient (Wildman–Crippen LogP) is 6.75. The van der Waals surface area contributed by atoms with Gasteiger partial charge in [0.25, 0.3) is 5.91 Å². The molecule has 0 fully saturated rings. The number of alkyl halides is 6. The minimum absolute atomic E-state index is 0.0302. The molecule has 4 rings (SSSR count). The fourth-order valence-corrected chi connectivity index (χ4v) is 3.90. The van der Waals surface area contributed by atoms with Crippen LogP contribution in [0.5, 0.6) is 0 Å². The molecule has 4 aromatic rings. The van der Waals surface area contributed by atoms with E-state index < -0.39 is 41.7 Å². The van der Waals surface area contributed by atoms with E-state index >= 15 is 0 Å². The maximum atomic E-state index is 13.3. The Kier molecular flexibility index (Phi) is 7.45. The average Bonchev–Trinajstić information content (AvgIpc) is 3.26. The molecule has 0 bridgehead atoms. The molecule has 5 nitrogen and oxygen atoms in total. The van der Waals surface area contributed by atoms with Crippen molar-refractivity contribution in [2.75, 3.05) is 0 Å². The highest BCUT2D eigenvalue weighted by molar-refractivity contribution is 6.31. The van der Waals surface area contributed by atoms with Gasteiger partial charge in [0.2, 0.25) is 0 Å². The van der Waals surface area contributed by atoms with Crippen LogP contribution < -0.4 is 5.32 Å². The number of aromatic nitrogens is 3. The van der Waals surface area contributed by atoms with E-state index in [1.807, 2.05) is 0 Å². The van der Waals surface area contributed by atoms with Gasteiger partial charge >= 0.3 is 12.4 Å². The van der Waals surface area contributed by atoms with E-state index in [1.165, 1.54) is 6.07 Å². The summed E-state index contributed by atoms with van der Waals surface area (Å²) >= 11 is 5.99. The Morgan fingerprint density at radius 1 is 0.895 bits per heavy atom. The molecule has 198 valence electrons. The summed E-state index contributed by atoms with van der Waals surface area (Å²) in [6.07, 6.45) is -10.0. The van der Waals surface area contributed by atoms with Crippen LogP contribution >= 0.6 is 11.6 Å². The van der Waals surface area contributed by atoms with Gasteiger partial charge in [-0.2, -0.15) is 26.3 Å². The fourth-order valence-electron chi connectivity index (χ4n) is 3.67. The molecular formula is C25H16ClF7N4O. The zero-order chi connectivity index (χ0) is 27.7. The number of hydrogen-bond acceptors (Lipinski definition) is 3. The van der Waals surface area contributed by atoms with Crippen molar-refractivity contribution in [3.8, 4) is 11.3 Å². The molecule has 3 aromatic carbocycles. The van der Waals surface area contributed by atoms with Gasteiger partial charge in [0.15, 0.2) is 5.69 Å². The maximum Gasteiger partial charge on any atom is 0.416 e. The summed E-state index contributed by atoms with van der Waals surface area (Å²) < 4.78 is 94.3. The quantitative estimate of drug-likeness (QED) is 0.267. The van der Waals surface area contributed by atoms with Crippen LogP contribution in [0, 0.1) is 5.82 Å². The number of nitrogens with one attached hydrogen (secondary N) is 1. The van der Waals surface area contributed by atoms with Gasteiger partial charge in [-0.15, -0.1) is 5.10 Å². The molecule has 0 aliphatic heterocycles. The van der Waals surface area contributed by atoms with Crippen molar-refractivity contribution >= 4 is 17.5 Å². The Morgan fingerprint density at radius 2 is 1.53 bits per heavy atom. The van der Waals surface area contributed by atoms with Crippen LogP contribution in [0.2, 0.25) is 5.02 Å². The Morgan fingerprint density at radius 3 is 2.11 bits per heavy atom. The molecule has 0 radical (unpaired) electrons. The molecule has 0 saturated heterocycles. The van der Waals surface area contributed by atoms with Gasteiger partial charge in [-0.25, -0.2) is 9.07 Å². The first-order chi connectivity index (χ1) is 17.8. The lowest BCUT2D eigenvalue weighted by atomic mass is 10.0. The van der Waals surface area contributed by atoms with Crippen molar-refractivity contribution in [1.29, 1.82) is 0 Å². The molecule has 0 saturated carbocycles.